The summed E-state index contributed by atoms with van der Waals surface area (Å²) in [6.07, 6.45) is 0. The molecule has 0 fully saturated rings. The number of benzene rings is 1. The molecule has 0 aliphatic heterocycles. The van der Waals surface area contributed by atoms with Crippen molar-refractivity contribution in [1.82, 2.24) is 10.2 Å². The third-order valence-electron chi connectivity index (χ3n) is 2.79. The molecule has 1 N–H and O–H groups in total. The number of halogens is 2. The number of hydrogen-bond acceptors (Lipinski definition) is 4. The molecular weight excluding hydrogens is 305 g/mol. The van der Waals surface area contributed by atoms with E-state index in [1.54, 1.807) is 0 Å². The summed E-state index contributed by atoms with van der Waals surface area (Å²) >= 11 is 11.5. The zero-order valence-corrected chi connectivity index (χ0v) is 12.7. The summed E-state index contributed by atoms with van der Waals surface area (Å²) in [7, 11) is 1.93. The van der Waals surface area contributed by atoms with Gasteiger partial charge in [0.15, 0.2) is 0 Å². The molecule has 0 spiro atoms. The SMILES string of the molecule is CCN(C)CCNC(=O)c1cc(Cl)c(Cl)c([N+](=O)[O-])c1. The minimum absolute atomic E-state index is 0.0170. The van der Waals surface area contributed by atoms with Crippen LogP contribution in [0.5, 0.6) is 0 Å². The number of nitro groups is 1. The van der Waals surface area contributed by atoms with Gasteiger partial charge in [-0.2, -0.15) is 0 Å². The maximum absolute atomic E-state index is 11.9. The Bertz CT molecular complexity index is 523. The molecule has 110 valence electrons. The molecule has 0 heterocycles. The fourth-order valence-corrected chi connectivity index (χ4v) is 1.85. The first kappa shape index (κ1) is 16.7. The van der Waals surface area contributed by atoms with Crippen LogP contribution in [0.4, 0.5) is 5.69 Å². The highest BCUT2D eigenvalue weighted by Crippen LogP contribution is 2.32. The normalized spacial score (nSPS) is 10.7. The second-order valence-electron chi connectivity index (χ2n) is 4.20. The number of hydrogen-bond donors (Lipinski definition) is 1. The van der Waals surface area contributed by atoms with Gasteiger partial charge in [0.25, 0.3) is 11.6 Å². The lowest BCUT2D eigenvalue weighted by Gasteiger charge is -2.14. The Morgan fingerprint density at radius 2 is 2.10 bits per heavy atom. The Morgan fingerprint density at radius 1 is 1.45 bits per heavy atom. The third kappa shape index (κ3) is 4.33. The smallest absolute Gasteiger partial charge is 0.290 e. The van der Waals surface area contributed by atoms with Crippen molar-refractivity contribution in [2.75, 3.05) is 26.7 Å². The van der Waals surface area contributed by atoms with Gasteiger partial charge in [0, 0.05) is 24.7 Å². The number of nitro benzene ring substituents is 1. The van der Waals surface area contributed by atoms with Crippen molar-refractivity contribution in [3.8, 4) is 0 Å². The van der Waals surface area contributed by atoms with Gasteiger partial charge in [-0.3, -0.25) is 14.9 Å². The molecule has 0 atom stereocenters. The van der Waals surface area contributed by atoms with E-state index in [-0.39, 0.29) is 21.3 Å². The molecule has 1 aromatic carbocycles. The van der Waals surface area contributed by atoms with Gasteiger partial charge in [-0.15, -0.1) is 0 Å². The maximum atomic E-state index is 11.9. The number of rotatable bonds is 6. The molecule has 0 saturated heterocycles. The van der Waals surface area contributed by atoms with Gasteiger partial charge >= 0.3 is 0 Å². The van der Waals surface area contributed by atoms with Gasteiger partial charge in [0.05, 0.1) is 9.95 Å². The topological polar surface area (TPSA) is 75.5 Å². The Hall–Kier alpha value is -1.37. The molecule has 0 aliphatic rings. The number of likely N-dealkylation sites (N-methyl/N-ethyl adjacent to an activating group) is 1. The Balaban J connectivity index is 2.81. The predicted molar refractivity (Wildman–Crippen MR) is 78.6 cm³/mol. The molecule has 0 aromatic heterocycles. The number of nitrogens with zero attached hydrogens (tertiary/aromatic N) is 2. The number of carbonyl (C=O) groups is 1. The van der Waals surface area contributed by atoms with Crippen molar-refractivity contribution in [3.63, 3.8) is 0 Å². The summed E-state index contributed by atoms with van der Waals surface area (Å²) in [6.45, 7) is 4.00. The molecule has 8 heteroatoms. The van der Waals surface area contributed by atoms with E-state index in [4.69, 9.17) is 23.2 Å². The fraction of sp³-hybridized carbons (Fsp3) is 0.417. The van der Waals surface area contributed by atoms with Gasteiger partial charge in [-0.25, -0.2) is 0 Å². The van der Waals surface area contributed by atoms with E-state index in [0.717, 1.165) is 12.6 Å². The first-order chi connectivity index (χ1) is 9.36. The van der Waals surface area contributed by atoms with Crippen LogP contribution in [0.15, 0.2) is 12.1 Å². The Kier molecular flexibility index (Phi) is 6.19. The van der Waals surface area contributed by atoms with Crippen LogP contribution in [0.1, 0.15) is 17.3 Å². The van der Waals surface area contributed by atoms with Gasteiger partial charge < -0.3 is 10.2 Å². The van der Waals surface area contributed by atoms with Gasteiger partial charge in [0.2, 0.25) is 0 Å². The van der Waals surface area contributed by atoms with Crippen LogP contribution < -0.4 is 5.32 Å². The lowest BCUT2D eigenvalue weighted by atomic mass is 10.2. The molecule has 0 radical (unpaired) electrons. The number of amides is 1. The van der Waals surface area contributed by atoms with E-state index in [9.17, 15) is 14.9 Å². The number of carbonyl (C=O) groups excluding carboxylic acids is 1. The van der Waals surface area contributed by atoms with Crippen molar-refractivity contribution in [1.29, 1.82) is 0 Å². The van der Waals surface area contributed by atoms with Crippen LogP contribution in [0.2, 0.25) is 10.0 Å². The van der Waals surface area contributed by atoms with E-state index in [0.29, 0.717) is 13.1 Å². The molecule has 0 aliphatic carbocycles. The van der Waals surface area contributed by atoms with E-state index >= 15 is 0 Å². The van der Waals surface area contributed by atoms with Crippen LogP contribution in [0.25, 0.3) is 0 Å². The van der Waals surface area contributed by atoms with Crippen LogP contribution in [-0.4, -0.2) is 42.4 Å². The third-order valence-corrected chi connectivity index (χ3v) is 3.58. The summed E-state index contributed by atoms with van der Waals surface area (Å²) in [6, 6.07) is 2.43. The second-order valence-corrected chi connectivity index (χ2v) is 4.99. The lowest BCUT2D eigenvalue weighted by molar-refractivity contribution is -0.384. The largest absolute Gasteiger partial charge is 0.351 e. The van der Waals surface area contributed by atoms with E-state index in [2.05, 4.69) is 5.32 Å². The monoisotopic (exact) mass is 319 g/mol. The first-order valence-corrected chi connectivity index (χ1v) is 6.72. The minimum Gasteiger partial charge on any atom is -0.351 e. The van der Waals surface area contributed by atoms with E-state index in [1.165, 1.54) is 6.07 Å². The standard InChI is InChI=1S/C12H15Cl2N3O3/c1-3-16(2)5-4-15-12(18)8-6-9(13)11(14)10(7-8)17(19)20/h6-7H,3-5H2,1-2H3,(H,15,18). The molecule has 1 rings (SSSR count). The molecule has 6 nitrogen and oxygen atoms in total. The predicted octanol–water partition coefficient (Wildman–Crippen LogP) is 2.58. The molecule has 0 saturated carbocycles. The van der Waals surface area contributed by atoms with Crippen molar-refractivity contribution in [2.45, 2.75) is 6.92 Å². The zero-order chi connectivity index (χ0) is 15.3. The molecule has 0 unspecified atom stereocenters. The van der Waals surface area contributed by atoms with Crippen molar-refractivity contribution < 1.29 is 9.72 Å². The molecule has 20 heavy (non-hydrogen) atoms. The average molecular weight is 320 g/mol. The fourth-order valence-electron chi connectivity index (χ4n) is 1.46. The molecule has 0 bridgehead atoms. The Morgan fingerprint density at radius 3 is 2.65 bits per heavy atom. The summed E-state index contributed by atoms with van der Waals surface area (Å²) in [4.78, 5) is 24.1. The highest BCUT2D eigenvalue weighted by molar-refractivity contribution is 6.43. The van der Waals surface area contributed by atoms with E-state index in [1.807, 2.05) is 18.9 Å². The molecular formula is C12H15Cl2N3O3. The molecule has 1 amide bonds. The van der Waals surface area contributed by atoms with Crippen LogP contribution in [0.3, 0.4) is 0 Å². The highest BCUT2D eigenvalue weighted by Gasteiger charge is 2.19. The first-order valence-electron chi connectivity index (χ1n) is 5.97. The summed E-state index contributed by atoms with van der Waals surface area (Å²) < 4.78 is 0. The Labute approximate surface area is 126 Å². The summed E-state index contributed by atoms with van der Waals surface area (Å²) in [5, 5.41) is 13.3. The quantitative estimate of drug-likeness (QED) is 0.646. The highest BCUT2D eigenvalue weighted by atomic mass is 35.5. The van der Waals surface area contributed by atoms with Gasteiger partial charge in [-0.1, -0.05) is 30.1 Å². The molecule has 1 aromatic rings. The number of nitrogens with one attached hydrogen (secondary N) is 1. The average Bonchev–Trinajstić information content (AvgIpc) is 2.40. The van der Waals surface area contributed by atoms with Crippen molar-refractivity contribution in [3.05, 3.63) is 37.9 Å². The zero-order valence-electron chi connectivity index (χ0n) is 11.2. The van der Waals surface area contributed by atoms with E-state index < -0.39 is 10.8 Å². The lowest BCUT2D eigenvalue weighted by Crippen LogP contribution is -2.32. The summed E-state index contributed by atoms with van der Waals surface area (Å²) in [5.74, 6) is -0.420. The van der Waals surface area contributed by atoms with Crippen LogP contribution in [0, 0.1) is 10.1 Å². The van der Waals surface area contributed by atoms with Crippen molar-refractivity contribution >= 4 is 34.8 Å². The van der Waals surface area contributed by atoms with Crippen LogP contribution in [-0.2, 0) is 0 Å². The minimum atomic E-state index is -0.671. The maximum Gasteiger partial charge on any atom is 0.290 e. The summed E-state index contributed by atoms with van der Waals surface area (Å²) in [5.41, 5.74) is -0.264. The second kappa shape index (κ2) is 7.42. The van der Waals surface area contributed by atoms with Crippen molar-refractivity contribution in [2.24, 2.45) is 0 Å². The van der Waals surface area contributed by atoms with Gasteiger partial charge in [0.1, 0.15) is 5.02 Å². The van der Waals surface area contributed by atoms with Gasteiger partial charge in [-0.05, 0) is 19.7 Å². The van der Waals surface area contributed by atoms with Crippen LogP contribution >= 0.6 is 23.2 Å².